The van der Waals surface area contributed by atoms with Gasteiger partial charge in [-0.25, -0.2) is 9.48 Å². The van der Waals surface area contributed by atoms with Crippen LogP contribution in [-0.2, 0) is 4.79 Å². The summed E-state index contributed by atoms with van der Waals surface area (Å²) < 4.78 is 7.73. The minimum atomic E-state index is -0.954. The van der Waals surface area contributed by atoms with Crippen LogP contribution in [0.2, 0.25) is 0 Å². The minimum Gasteiger partial charge on any atom is -0.454 e. The Hall–Kier alpha value is -4.20. The van der Waals surface area contributed by atoms with E-state index in [9.17, 15) is 9.59 Å². The van der Waals surface area contributed by atoms with E-state index < -0.39 is 11.6 Å². The Labute approximate surface area is 184 Å². The third-order valence-electron chi connectivity index (χ3n) is 5.68. The van der Waals surface area contributed by atoms with E-state index in [2.05, 4.69) is 10.4 Å². The Morgan fingerprint density at radius 1 is 1.12 bits per heavy atom. The molecule has 1 unspecified atom stereocenters. The van der Waals surface area contributed by atoms with E-state index in [1.165, 1.54) is 6.21 Å². The number of hydrogen-bond acceptors (Lipinski definition) is 5. The van der Waals surface area contributed by atoms with E-state index in [1.807, 2.05) is 67.6 Å². The van der Waals surface area contributed by atoms with Crippen LogP contribution in [0.15, 0.2) is 76.4 Å². The molecular formula is C24H21N5O3. The Morgan fingerprint density at radius 3 is 2.59 bits per heavy atom. The van der Waals surface area contributed by atoms with Gasteiger partial charge in [0.1, 0.15) is 16.8 Å². The number of hydrogen-bond donors (Lipinski definition) is 1. The number of urea groups is 1. The summed E-state index contributed by atoms with van der Waals surface area (Å²) in [5.41, 5.74) is 1.81. The van der Waals surface area contributed by atoms with E-state index in [1.54, 1.807) is 17.8 Å². The van der Waals surface area contributed by atoms with Gasteiger partial charge < -0.3 is 9.73 Å². The molecule has 4 aromatic rings. The molecule has 3 heterocycles. The molecule has 1 aliphatic heterocycles. The number of nitrogens with one attached hydrogen (secondary N) is 1. The first-order valence-electron chi connectivity index (χ1n) is 10.3. The topological polar surface area (TPSA) is 92.7 Å². The van der Waals surface area contributed by atoms with Crippen LogP contribution >= 0.6 is 0 Å². The summed E-state index contributed by atoms with van der Waals surface area (Å²) in [4.78, 5) is 25.0. The van der Waals surface area contributed by atoms with Crippen molar-refractivity contribution in [3.8, 4) is 17.1 Å². The number of carbonyl (C=O) groups excluding carboxylic acids is 2. The zero-order chi connectivity index (χ0) is 22.3. The third kappa shape index (κ3) is 3.26. The first-order chi connectivity index (χ1) is 15.5. The van der Waals surface area contributed by atoms with E-state index >= 15 is 0 Å². The molecule has 0 bridgehead atoms. The molecule has 1 aliphatic rings. The van der Waals surface area contributed by atoms with E-state index in [0.717, 1.165) is 21.7 Å². The number of rotatable bonds is 5. The molecule has 2 aromatic heterocycles. The maximum absolute atomic E-state index is 12.7. The predicted molar refractivity (Wildman–Crippen MR) is 120 cm³/mol. The summed E-state index contributed by atoms with van der Waals surface area (Å²) in [6.07, 6.45) is 3.73. The fraction of sp³-hybridized carbons (Fsp3) is 0.167. The zero-order valence-electron chi connectivity index (χ0n) is 17.6. The van der Waals surface area contributed by atoms with Gasteiger partial charge in [0.2, 0.25) is 0 Å². The van der Waals surface area contributed by atoms with Crippen molar-refractivity contribution in [1.82, 2.24) is 20.1 Å². The molecule has 160 valence electrons. The number of furan rings is 1. The van der Waals surface area contributed by atoms with Crippen molar-refractivity contribution < 1.29 is 14.0 Å². The molecule has 1 N–H and O–H groups in total. The largest absolute Gasteiger partial charge is 0.454 e. The second kappa shape index (κ2) is 7.49. The number of benzene rings is 2. The average molecular weight is 427 g/mol. The highest BCUT2D eigenvalue weighted by atomic mass is 16.3. The molecule has 1 saturated heterocycles. The summed E-state index contributed by atoms with van der Waals surface area (Å²) in [5, 5.41) is 13.4. The fourth-order valence-corrected chi connectivity index (χ4v) is 3.62. The standard InChI is InChI=1S/C24H21N5O3/c1-3-24(2)22(30)29(23(31)26-24)25-14-17-15-28(18-10-5-4-6-11-18)27-21(17)20-13-16-9-7-8-12-19(16)32-20/h4-15H,3H2,1-2H3,(H,26,31). The lowest BCUT2D eigenvalue weighted by Crippen LogP contribution is -2.42. The molecule has 2 aromatic carbocycles. The molecule has 0 radical (unpaired) electrons. The molecular weight excluding hydrogens is 406 g/mol. The average Bonchev–Trinajstić information content (AvgIpc) is 3.48. The van der Waals surface area contributed by atoms with Crippen LogP contribution < -0.4 is 5.32 Å². The van der Waals surface area contributed by atoms with Crippen LogP contribution in [0.4, 0.5) is 4.79 Å². The van der Waals surface area contributed by atoms with Crippen molar-refractivity contribution in [2.45, 2.75) is 25.8 Å². The lowest BCUT2D eigenvalue weighted by atomic mass is 10.00. The first-order valence-corrected chi connectivity index (χ1v) is 10.3. The predicted octanol–water partition coefficient (Wildman–Crippen LogP) is 4.34. The van der Waals surface area contributed by atoms with Gasteiger partial charge in [0.25, 0.3) is 5.91 Å². The molecule has 32 heavy (non-hydrogen) atoms. The number of hydrazone groups is 1. The molecule has 8 heteroatoms. The lowest BCUT2D eigenvalue weighted by Gasteiger charge is -2.17. The van der Waals surface area contributed by atoms with Crippen molar-refractivity contribution in [2.24, 2.45) is 5.10 Å². The number of imide groups is 1. The van der Waals surface area contributed by atoms with Crippen LogP contribution in [0.5, 0.6) is 0 Å². The second-order valence-corrected chi connectivity index (χ2v) is 7.84. The van der Waals surface area contributed by atoms with Gasteiger partial charge in [-0.15, -0.1) is 5.01 Å². The number of aromatic nitrogens is 2. The van der Waals surface area contributed by atoms with Crippen molar-refractivity contribution >= 4 is 29.1 Å². The quantitative estimate of drug-likeness (QED) is 0.379. The van der Waals surface area contributed by atoms with E-state index in [0.29, 0.717) is 23.4 Å². The van der Waals surface area contributed by atoms with Crippen LogP contribution in [0.25, 0.3) is 28.1 Å². The Morgan fingerprint density at radius 2 is 1.88 bits per heavy atom. The van der Waals surface area contributed by atoms with Crippen LogP contribution in [0.3, 0.4) is 0 Å². The Bertz CT molecular complexity index is 1320. The van der Waals surface area contributed by atoms with Gasteiger partial charge in [-0.1, -0.05) is 43.3 Å². The lowest BCUT2D eigenvalue weighted by molar-refractivity contribution is -0.130. The molecule has 1 fully saturated rings. The third-order valence-corrected chi connectivity index (χ3v) is 5.68. The highest BCUT2D eigenvalue weighted by Gasteiger charge is 2.46. The fourth-order valence-electron chi connectivity index (χ4n) is 3.62. The Balaban J connectivity index is 1.58. The second-order valence-electron chi connectivity index (χ2n) is 7.84. The van der Waals surface area contributed by atoms with Gasteiger partial charge >= 0.3 is 6.03 Å². The number of fused-ring (bicyclic) bond motifs is 1. The van der Waals surface area contributed by atoms with Crippen molar-refractivity contribution in [3.05, 3.63) is 72.4 Å². The zero-order valence-corrected chi connectivity index (χ0v) is 17.6. The molecule has 1 atom stereocenters. The van der Waals surface area contributed by atoms with Crippen LogP contribution in [0, 0.1) is 0 Å². The molecule has 0 spiro atoms. The number of para-hydroxylation sites is 2. The van der Waals surface area contributed by atoms with Crippen molar-refractivity contribution in [2.75, 3.05) is 0 Å². The minimum absolute atomic E-state index is 0.387. The first kappa shape index (κ1) is 19.7. The number of carbonyl (C=O) groups is 2. The van der Waals surface area contributed by atoms with Gasteiger partial charge in [0.15, 0.2) is 5.76 Å². The van der Waals surface area contributed by atoms with Crippen LogP contribution in [-0.4, -0.2) is 38.5 Å². The summed E-state index contributed by atoms with van der Waals surface area (Å²) in [7, 11) is 0. The molecule has 8 nitrogen and oxygen atoms in total. The number of nitrogens with zero attached hydrogens (tertiary/aromatic N) is 4. The van der Waals surface area contributed by atoms with Crippen molar-refractivity contribution in [1.29, 1.82) is 0 Å². The smallest absolute Gasteiger partial charge is 0.346 e. The van der Waals surface area contributed by atoms with E-state index in [-0.39, 0.29) is 5.91 Å². The van der Waals surface area contributed by atoms with Crippen molar-refractivity contribution in [3.63, 3.8) is 0 Å². The van der Waals surface area contributed by atoms with Gasteiger partial charge in [0.05, 0.1) is 11.9 Å². The molecule has 5 rings (SSSR count). The van der Waals surface area contributed by atoms with Gasteiger partial charge in [-0.05, 0) is 37.6 Å². The van der Waals surface area contributed by atoms with Gasteiger partial charge in [-0.2, -0.15) is 10.2 Å². The highest BCUT2D eigenvalue weighted by molar-refractivity contribution is 6.07. The maximum atomic E-state index is 12.7. The molecule has 0 aliphatic carbocycles. The normalized spacial score (nSPS) is 18.8. The summed E-state index contributed by atoms with van der Waals surface area (Å²) >= 11 is 0. The number of amides is 3. The van der Waals surface area contributed by atoms with Gasteiger partial charge in [-0.3, -0.25) is 4.79 Å². The highest BCUT2D eigenvalue weighted by Crippen LogP contribution is 2.29. The SMILES string of the molecule is CCC1(C)NC(=O)N(N=Cc2cn(-c3ccccc3)nc2-c2cc3ccccc3o2)C1=O. The Kier molecular flexibility index (Phi) is 4.62. The summed E-state index contributed by atoms with van der Waals surface area (Å²) in [6.45, 7) is 3.53. The van der Waals surface area contributed by atoms with Crippen LogP contribution in [0.1, 0.15) is 25.8 Å². The summed E-state index contributed by atoms with van der Waals surface area (Å²) in [6, 6.07) is 18.7. The monoisotopic (exact) mass is 427 g/mol. The maximum Gasteiger partial charge on any atom is 0.346 e. The molecule has 3 amide bonds. The van der Waals surface area contributed by atoms with Gasteiger partial charge in [0, 0.05) is 17.1 Å². The molecule has 0 saturated carbocycles. The summed E-state index contributed by atoms with van der Waals surface area (Å²) in [5.74, 6) is 0.180. The van der Waals surface area contributed by atoms with E-state index in [4.69, 9.17) is 9.52 Å².